The van der Waals surface area contributed by atoms with Gasteiger partial charge in [-0.1, -0.05) is 12.1 Å². The van der Waals surface area contributed by atoms with Crippen LogP contribution in [0.4, 0.5) is 10.1 Å². The second-order valence-corrected chi connectivity index (χ2v) is 4.89. The molecule has 1 aromatic rings. The smallest absolute Gasteiger partial charge is 0.305 e. The van der Waals surface area contributed by atoms with Crippen molar-refractivity contribution in [2.75, 3.05) is 26.7 Å². The number of hydrogen-bond acceptors (Lipinski definition) is 4. The Morgan fingerprint density at radius 1 is 1.40 bits per heavy atom. The van der Waals surface area contributed by atoms with Gasteiger partial charge in [0.05, 0.1) is 11.5 Å². The van der Waals surface area contributed by atoms with Crippen LogP contribution in [0.15, 0.2) is 18.2 Å². The summed E-state index contributed by atoms with van der Waals surface area (Å²) in [6, 6.07) is 4.11. The van der Waals surface area contributed by atoms with Crippen LogP contribution < -0.4 is 0 Å². The van der Waals surface area contributed by atoms with E-state index in [-0.39, 0.29) is 24.6 Å². The fourth-order valence-corrected chi connectivity index (χ4v) is 2.25. The molecular weight excluding hydrogens is 265 g/mol. The summed E-state index contributed by atoms with van der Waals surface area (Å²) in [5, 5.41) is 10.7. The van der Waals surface area contributed by atoms with Crippen LogP contribution in [0.25, 0.3) is 0 Å². The summed E-state index contributed by atoms with van der Waals surface area (Å²) in [6.45, 7) is 1.75. The van der Waals surface area contributed by atoms with Gasteiger partial charge in [0, 0.05) is 38.3 Å². The van der Waals surface area contributed by atoms with Crippen LogP contribution in [0, 0.1) is 15.9 Å². The normalized spacial score (nSPS) is 17.1. The highest BCUT2D eigenvalue weighted by molar-refractivity contribution is 5.78. The van der Waals surface area contributed by atoms with Gasteiger partial charge in [-0.25, -0.2) is 0 Å². The van der Waals surface area contributed by atoms with Gasteiger partial charge in [0.1, 0.15) is 0 Å². The van der Waals surface area contributed by atoms with Crippen LogP contribution >= 0.6 is 0 Å². The van der Waals surface area contributed by atoms with E-state index in [0.717, 1.165) is 12.5 Å². The van der Waals surface area contributed by atoms with Crippen molar-refractivity contribution < 1.29 is 14.1 Å². The molecule has 108 valence electrons. The molecule has 1 fully saturated rings. The predicted octanol–water partition coefficient (Wildman–Crippen LogP) is 1.40. The first-order valence-corrected chi connectivity index (χ1v) is 6.37. The highest BCUT2D eigenvalue weighted by atomic mass is 19.1. The molecule has 0 N–H and O–H groups in total. The molecular formula is C13H16FN3O3. The van der Waals surface area contributed by atoms with Gasteiger partial charge < -0.3 is 4.90 Å². The molecule has 0 aromatic heterocycles. The zero-order chi connectivity index (χ0) is 14.7. The summed E-state index contributed by atoms with van der Waals surface area (Å²) in [7, 11) is 1.74. The number of nitrogens with zero attached hydrogens (tertiary/aromatic N) is 3. The topological polar surface area (TPSA) is 66.7 Å². The number of benzene rings is 1. The summed E-state index contributed by atoms with van der Waals surface area (Å²) in [5.41, 5.74) is -0.280. The van der Waals surface area contributed by atoms with E-state index in [0.29, 0.717) is 13.1 Å². The van der Waals surface area contributed by atoms with Crippen LogP contribution in [0.2, 0.25) is 0 Å². The van der Waals surface area contributed by atoms with Gasteiger partial charge in [-0.15, -0.1) is 0 Å². The highest BCUT2D eigenvalue weighted by Crippen LogP contribution is 2.21. The van der Waals surface area contributed by atoms with Crippen molar-refractivity contribution in [2.45, 2.75) is 13.0 Å². The summed E-state index contributed by atoms with van der Waals surface area (Å²) >= 11 is 0. The summed E-state index contributed by atoms with van der Waals surface area (Å²) in [6.07, 6.45) is 0.804. The number of nitro benzene ring substituents is 1. The first-order valence-electron chi connectivity index (χ1n) is 6.37. The molecule has 6 nitrogen and oxygen atoms in total. The molecule has 0 saturated carbocycles. The Morgan fingerprint density at radius 3 is 2.85 bits per heavy atom. The molecule has 0 unspecified atom stereocenters. The van der Waals surface area contributed by atoms with Gasteiger partial charge in [0.2, 0.25) is 11.7 Å². The molecule has 0 aliphatic carbocycles. The first-order chi connectivity index (χ1) is 9.49. The van der Waals surface area contributed by atoms with Gasteiger partial charge in [0.25, 0.3) is 0 Å². The lowest BCUT2D eigenvalue weighted by molar-refractivity contribution is -0.387. The summed E-state index contributed by atoms with van der Waals surface area (Å²) < 4.78 is 14.0. The van der Waals surface area contributed by atoms with E-state index in [1.54, 1.807) is 11.9 Å². The van der Waals surface area contributed by atoms with E-state index in [1.165, 1.54) is 12.1 Å². The zero-order valence-electron chi connectivity index (χ0n) is 11.2. The third-order valence-corrected chi connectivity index (χ3v) is 3.40. The van der Waals surface area contributed by atoms with E-state index in [1.807, 2.05) is 4.90 Å². The number of hydrogen-bond donors (Lipinski definition) is 0. The molecule has 1 aliphatic heterocycles. The molecule has 0 bridgehead atoms. The Hall–Kier alpha value is -2.02. The molecule has 2 rings (SSSR count). The number of carbonyl (C=O) groups excluding carboxylic acids is 1. The minimum atomic E-state index is -0.817. The quantitative estimate of drug-likeness (QED) is 0.620. The maximum atomic E-state index is 14.0. The third kappa shape index (κ3) is 3.11. The number of halogens is 1. The predicted molar refractivity (Wildman–Crippen MR) is 70.6 cm³/mol. The summed E-state index contributed by atoms with van der Waals surface area (Å²) in [5.74, 6) is -0.837. The molecule has 1 amide bonds. The van der Waals surface area contributed by atoms with Crippen molar-refractivity contribution in [3.8, 4) is 0 Å². The number of carbonyl (C=O) groups is 1. The number of amides is 1. The SMILES string of the molecule is CN1CCCN(Cc2cccc([N+](=O)[O-])c2F)CC1=O. The third-order valence-electron chi connectivity index (χ3n) is 3.40. The second-order valence-electron chi connectivity index (χ2n) is 4.89. The van der Waals surface area contributed by atoms with E-state index in [2.05, 4.69) is 0 Å². The van der Waals surface area contributed by atoms with Crippen molar-refractivity contribution in [3.63, 3.8) is 0 Å². The monoisotopic (exact) mass is 281 g/mol. The lowest BCUT2D eigenvalue weighted by Gasteiger charge is -2.19. The molecule has 1 heterocycles. The van der Waals surface area contributed by atoms with Crippen molar-refractivity contribution in [3.05, 3.63) is 39.7 Å². The van der Waals surface area contributed by atoms with Crippen molar-refractivity contribution in [1.29, 1.82) is 0 Å². The first kappa shape index (κ1) is 14.4. The second kappa shape index (κ2) is 5.96. The lowest BCUT2D eigenvalue weighted by Crippen LogP contribution is -2.34. The number of rotatable bonds is 3. The Kier molecular flexibility index (Phi) is 4.29. The lowest BCUT2D eigenvalue weighted by atomic mass is 10.1. The fourth-order valence-electron chi connectivity index (χ4n) is 2.25. The van der Waals surface area contributed by atoms with E-state index < -0.39 is 16.4 Å². The number of likely N-dealkylation sites (N-methyl/N-ethyl adjacent to an activating group) is 1. The van der Waals surface area contributed by atoms with Gasteiger partial charge in [-0.05, 0) is 6.42 Å². The molecule has 1 saturated heterocycles. The van der Waals surface area contributed by atoms with Crippen molar-refractivity contribution in [2.24, 2.45) is 0 Å². The van der Waals surface area contributed by atoms with Gasteiger partial charge in [-0.2, -0.15) is 4.39 Å². The van der Waals surface area contributed by atoms with Crippen LogP contribution in [-0.2, 0) is 11.3 Å². The average Bonchev–Trinajstić information content (AvgIpc) is 2.54. The van der Waals surface area contributed by atoms with Crippen LogP contribution in [0.3, 0.4) is 0 Å². The Bertz CT molecular complexity index is 536. The Labute approximate surface area is 115 Å². The molecule has 0 radical (unpaired) electrons. The van der Waals surface area contributed by atoms with Gasteiger partial charge in [-0.3, -0.25) is 19.8 Å². The molecule has 1 aliphatic rings. The molecule has 7 heteroatoms. The molecule has 0 atom stereocenters. The molecule has 0 spiro atoms. The Balaban J connectivity index is 2.15. The van der Waals surface area contributed by atoms with Crippen LogP contribution in [-0.4, -0.2) is 47.3 Å². The van der Waals surface area contributed by atoms with Crippen molar-refractivity contribution in [1.82, 2.24) is 9.80 Å². The Morgan fingerprint density at radius 2 is 2.15 bits per heavy atom. The molecule has 1 aromatic carbocycles. The minimum Gasteiger partial charge on any atom is -0.345 e. The van der Waals surface area contributed by atoms with Crippen LogP contribution in [0.5, 0.6) is 0 Å². The highest BCUT2D eigenvalue weighted by Gasteiger charge is 2.22. The van der Waals surface area contributed by atoms with E-state index in [9.17, 15) is 19.3 Å². The van der Waals surface area contributed by atoms with Gasteiger partial charge >= 0.3 is 5.69 Å². The number of nitro groups is 1. The minimum absolute atomic E-state index is 0.0201. The standard InChI is InChI=1S/C13H16FN3O3/c1-15-6-3-7-16(9-12(15)18)8-10-4-2-5-11(13(10)14)17(19)20/h2,4-5H,3,6-9H2,1H3. The maximum Gasteiger partial charge on any atom is 0.305 e. The van der Waals surface area contributed by atoms with E-state index in [4.69, 9.17) is 0 Å². The average molecular weight is 281 g/mol. The zero-order valence-corrected chi connectivity index (χ0v) is 11.2. The van der Waals surface area contributed by atoms with Crippen molar-refractivity contribution >= 4 is 11.6 Å². The van der Waals surface area contributed by atoms with Gasteiger partial charge in [0.15, 0.2) is 0 Å². The molecule has 20 heavy (non-hydrogen) atoms. The van der Waals surface area contributed by atoms with Crippen LogP contribution in [0.1, 0.15) is 12.0 Å². The summed E-state index contributed by atoms with van der Waals surface area (Å²) in [4.78, 5) is 25.2. The fraction of sp³-hybridized carbons (Fsp3) is 0.462. The largest absolute Gasteiger partial charge is 0.345 e. The van der Waals surface area contributed by atoms with E-state index >= 15 is 0 Å². The maximum absolute atomic E-state index is 14.0.